The largest absolute Gasteiger partial charge is 0.453 e. The standard InChI is InChI=1S/C46H54N8O6/c1-25(2)39(51-45(57)59-5)43(55)53-19-9-13-37(53)41-47-23-35(49-41)27-15-17-31-32-18-16-28(22-34(32)30-12-8-7-11-29(30)33(31)21-27)36-24-48-42(50-36)38-14-10-20-54(38)44(56)40(26(3)4)52-46(58)60-6/h7-8,11-12,15-18,21-23,25-26,36-40H,9-10,13-14,19-20,24H2,1-6H3,(H,47,49)(H,48,50)(H,51,57)(H,52,58)/t36?,37-,38-,39-,40-/m0/s1. The smallest absolute Gasteiger partial charge is 0.407 e. The van der Waals surface area contributed by atoms with Crippen LogP contribution in [-0.4, -0.2) is 102 Å². The molecule has 2 fully saturated rings. The van der Waals surface area contributed by atoms with Crippen LogP contribution in [0.2, 0.25) is 0 Å². The zero-order chi connectivity index (χ0) is 42.2. The lowest BCUT2D eigenvalue weighted by atomic mass is 9.91. The van der Waals surface area contributed by atoms with Crippen LogP contribution in [0.3, 0.4) is 0 Å². The summed E-state index contributed by atoms with van der Waals surface area (Å²) in [5, 5.41) is 16.0. The average molecular weight is 815 g/mol. The Bertz CT molecular complexity index is 2470. The lowest BCUT2D eigenvalue weighted by Gasteiger charge is -2.31. The fourth-order valence-electron chi connectivity index (χ4n) is 9.25. The Morgan fingerprint density at radius 2 is 1.27 bits per heavy atom. The fourth-order valence-corrected chi connectivity index (χ4v) is 9.25. The summed E-state index contributed by atoms with van der Waals surface area (Å²) in [6, 6.07) is 19.8. The summed E-state index contributed by atoms with van der Waals surface area (Å²) in [6.45, 7) is 9.40. The van der Waals surface area contributed by atoms with Crippen LogP contribution in [0, 0.1) is 11.8 Å². The molecule has 5 atom stereocenters. The molecule has 4 N–H and O–H groups in total. The van der Waals surface area contributed by atoms with Gasteiger partial charge in [0, 0.05) is 18.7 Å². The van der Waals surface area contributed by atoms with E-state index < -0.39 is 24.3 Å². The molecule has 4 amide bonds. The summed E-state index contributed by atoms with van der Waals surface area (Å²) in [7, 11) is 2.60. The van der Waals surface area contributed by atoms with Crippen molar-refractivity contribution in [3.05, 3.63) is 78.2 Å². The third-order valence-electron chi connectivity index (χ3n) is 12.4. The van der Waals surface area contributed by atoms with Crippen LogP contribution < -0.4 is 16.0 Å². The molecule has 4 heterocycles. The van der Waals surface area contributed by atoms with E-state index in [2.05, 4.69) is 81.6 Å². The summed E-state index contributed by atoms with van der Waals surface area (Å²) in [5.74, 6) is 1.06. The SMILES string of the molecule is COC(=O)N[C@H](C(=O)N1CCC[C@H]1C1=NCC(c2ccc3c4ccc(-c5cnc([C@@H]6CCCN6C(=O)[C@@H](NC(=O)OC)C(C)C)[nH]5)cc4c4ccccc4c3c2)N1)C(C)C. The zero-order valence-electron chi connectivity index (χ0n) is 35.1. The number of H-pyrrole nitrogens is 1. The van der Waals surface area contributed by atoms with Gasteiger partial charge in [-0.3, -0.25) is 14.6 Å². The Labute approximate surface area is 349 Å². The number of nitrogens with zero attached hydrogens (tertiary/aromatic N) is 4. The number of amides is 4. The molecule has 2 saturated heterocycles. The molecule has 1 unspecified atom stereocenters. The maximum absolute atomic E-state index is 13.7. The van der Waals surface area contributed by atoms with Gasteiger partial charge in [0.05, 0.1) is 50.8 Å². The Kier molecular flexibility index (Phi) is 11.4. The topological polar surface area (TPSA) is 170 Å². The number of aromatic nitrogens is 2. The van der Waals surface area contributed by atoms with Gasteiger partial charge in [-0.05, 0) is 87.5 Å². The number of imidazole rings is 1. The van der Waals surface area contributed by atoms with Gasteiger partial charge < -0.3 is 40.2 Å². The molecule has 8 rings (SSSR count). The van der Waals surface area contributed by atoms with Gasteiger partial charge in [0.1, 0.15) is 23.7 Å². The van der Waals surface area contributed by atoms with Gasteiger partial charge in [-0.2, -0.15) is 0 Å². The molecular formula is C46H54N8O6. The lowest BCUT2D eigenvalue weighted by molar-refractivity contribution is -0.135. The first kappa shape index (κ1) is 40.6. The Morgan fingerprint density at radius 1 is 0.717 bits per heavy atom. The fraction of sp³-hybridized carbons (Fsp3) is 0.435. The monoisotopic (exact) mass is 814 g/mol. The molecule has 0 bridgehead atoms. The normalized spacial score (nSPS) is 20.1. The van der Waals surface area contributed by atoms with Gasteiger partial charge in [-0.1, -0.05) is 76.2 Å². The minimum atomic E-state index is -0.700. The van der Waals surface area contributed by atoms with Gasteiger partial charge in [-0.15, -0.1) is 0 Å². The summed E-state index contributed by atoms with van der Waals surface area (Å²) in [5.41, 5.74) is 2.98. The van der Waals surface area contributed by atoms with E-state index in [9.17, 15) is 19.2 Å². The maximum Gasteiger partial charge on any atom is 0.407 e. The number of hydrogen-bond acceptors (Lipinski definition) is 9. The Hall–Kier alpha value is -6.18. The minimum Gasteiger partial charge on any atom is -0.453 e. The van der Waals surface area contributed by atoms with E-state index >= 15 is 0 Å². The number of likely N-dealkylation sites (tertiary alicyclic amines) is 2. The number of carbonyl (C=O) groups excluding carboxylic acids is 4. The molecule has 4 aromatic carbocycles. The van der Waals surface area contributed by atoms with Crippen molar-refractivity contribution in [1.29, 1.82) is 0 Å². The zero-order valence-corrected chi connectivity index (χ0v) is 35.1. The third kappa shape index (κ3) is 7.59. The second-order valence-corrected chi connectivity index (χ2v) is 16.8. The molecule has 0 radical (unpaired) electrons. The number of hydrogen-bond donors (Lipinski definition) is 4. The van der Waals surface area contributed by atoms with E-state index in [1.165, 1.54) is 14.2 Å². The summed E-state index contributed by atoms with van der Waals surface area (Å²) in [4.78, 5) is 68.5. The minimum absolute atomic E-state index is 0.0473. The summed E-state index contributed by atoms with van der Waals surface area (Å²) in [6.07, 6.45) is 3.88. The molecule has 14 heteroatoms. The first-order chi connectivity index (χ1) is 29.0. The molecule has 0 aliphatic carbocycles. The van der Waals surface area contributed by atoms with E-state index in [0.29, 0.717) is 19.6 Å². The molecule has 5 aromatic rings. The van der Waals surface area contributed by atoms with E-state index in [1.807, 2.05) is 43.7 Å². The van der Waals surface area contributed by atoms with E-state index in [4.69, 9.17) is 19.5 Å². The molecule has 314 valence electrons. The van der Waals surface area contributed by atoms with Gasteiger partial charge in [0.2, 0.25) is 11.8 Å². The molecule has 1 aromatic heterocycles. The van der Waals surface area contributed by atoms with Crippen molar-refractivity contribution < 1.29 is 28.7 Å². The molecule has 3 aliphatic rings. The number of ether oxygens (including phenoxy) is 2. The van der Waals surface area contributed by atoms with Crippen molar-refractivity contribution in [3.8, 4) is 11.3 Å². The molecule has 60 heavy (non-hydrogen) atoms. The number of rotatable bonds is 10. The van der Waals surface area contributed by atoms with E-state index in [1.54, 1.807) is 0 Å². The van der Waals surface area contributed by atoms with Crippen molar-refractivity contribution in [1.82, 2.24) is 35.7 Å². The predicted molar refractivity (Wildman–Crippen MR) is 231 cm³/mol. The molecule has 0 saturated carbocycles. The molecule has 3 aliphatic heterocycles. The average Bonchev–Trinajstić information content (AvgIpc) is 4.10. The first-order valence-corrected chi connectivity index (χ1v) is 21.0. The van der Waals surface area contributed by atoms with Crippen LogP contribution in [0.1, 0.15) is 76.8 Å². The number of aliphatic imine (C=N–C) groups is 1. The number of alkyl carbamates (subject to hydrolysis) is 2. The van der Waals surface area contributed by atoms with Crippen LogP contribution >= 0.6 is 0 Å². The van der Waals surface area contributed by atoms with Crippen LogP contribution in [-0.2, 0) is 19.1 Å². The number of aromatic amines is 1. The highest BCUT2D eigenvalue weighted by Crippen LogP contribution is 2.39. The van der Waals surface area contributed by atoms with Gasteiger partial charge in [-0.25, -0.2) is 14.6 Å². The second kappa shape index (κ2) is 16.8. The summed E-state index contributed by atoms with van der Waals surface area (Å²) >= 11 is 0. The van der Waals surface area contributed by atoms with E-state index in [0.717, 1.165) is 86.5 Å². The predicted octanol–water partition coefficient (Wildman–Crippen LogP) is 6.99. The molecular weight excluding hydrogens is 761 g/mol. The number of amidine groups is 1. The van der Waals surface area contributed by atoms with Gasteiger partial charge in [0.15, 0.2) is 0 Å². The quantitative estimate of drug-likeness (QED) is 0.109. The third-order valence-corrected chi connectivity index (χ3v) is 12.4. The van der Waals surface area contributed by atoms with E-state index in [-0.39, 0.29) is 41.8 Å². The molecule has 14 nitrogen and oxygen atoms in total. The van der Waals surface area contributed by atoms with Crippen LogP contribution in [0.4, 0.5) is 9.59 Å². The van der Waals surface area contributed by atoms with Crippen molar-refractivity contribution >= 4 is 62.2 Å². The Morgan fingerprint density at radius 3 is 1.87 bits per heavy atom. The number of methoxy groups -OCH3 is 2. The van der Waals surface area contributed by atoms with Gasteiger partial charge in [0.25, 0.3) is 0 Å². The maximum atomic E-state index is 13.7. The van der Waals surface area contributed by atoms with Crippen LogP contribution in [0.25, 0.3) is 43.6 Å². The number of nitrogens with one attached hydrogen (secondary N) is 4. The summed E-state index contributed by atoms with van der Waals surface area (Å²) < 4.78 is 9.60. The lowest BCUT2D eigenvalue weighted by Crippen LogP contribution is -2.54. The van der Waals surface area contributed by atoms with Crippen LogP contribution in [0.15, 0.2) is 71.9 Å². The highest BCUT2D eigenvalue weighted by Gasteiger charge is 2.40. The van der Waals surface area contributed by atoms with Crippen molar-refractivity contribution in [2.45, 2.75) is 83.6 Å². The number of carbonyl (C=O) groups is 4. The Balaban J connectivity index is 1.04. The van der Waals surface area contributed by atoms with Crippen molar-refractivity contribution in [2.24, 2.45) is 16.8 Å². The van der Waals surface area contributed by atoms with Gasteiger partial charge >= 0.3 is 12.2 Å². The first-order valence-electron chi connectivity index (χ1n) is 21.0. The number of fused-ring (bicyclic) bond motifs is 6. The van der Waals surface area contributed by atoms with Crippen molar-refractivity contribution in [2.75, 3.05) is 33.9 Å². The van der Waals surface area contributed by atoms with Crippen LogP contribution in [0.5, 0.6) is 0 Å². The van der Waals surface area contributed by atoms with Crippen molar-refractivity contribution in [3.63, 3.8) is 0 Å². The highest BCUT2D eigenvalue weighted by molar-refractivity contribution is 6.25. The highest BCUT2D eigenvalue weighted by atomic mass is 16.5. The second-order valence-electron chi connectivity index (χ2n) is 16.8. The number of benzene rings is 4. The molecule has 0 spiro atoms.